The van der Waals surface area contributed by atoms with E-state index in [1.54, 1.807) is 36.6 Å². The Bertz CT molecular complexity index is 1000. The summed E-state index contributed by atoms with van der Waals surface area (Å²) in [7, 11) is 0. The van der Waals surface area contributed by atoms with E-state index < -0.39 is 0 Å². The number of thiazole rings is 1. The van der Waals surface area contributed by atoms with E-state index in [0.29, 0.717) is 27.0 Å². The number of aromatic hydroxyl groups is 1. The highest BCUT2D eigenvalue weighted by atomic mass is 35.5. The van der Waals surface area contributed by atoms with Gasteiger partial charge in [0.15, 0.2) is 0 Å². The molecule has 3 rings (SSSR count). The first-order chi connectivity index (χ1) is 12.9. The molecule has 2 N–H and O–H groups in total. The van der Waals surface area contributed by atoms with Crippen LogP contribution in [0, 0.1) is 5.82 Å². The number of hydrogen-bond acceptors (Lipinski definition) is 5. The van der Waals surface area contributed by atoms with Gasteiger partial charge in [-0.1, -0.05) is 11.6 Å². The third-order valence-electron chi connectivity index (χ3n) is 3.68. The number of phenolic OH excluding ortho intramolecular Hbond substituents is 1. The molecule has 0 saturated heterocycles. The normalized spacial score (nSPS) is 11.4. The first-order valence-electron chi connectivity index (χ1n) is 7.95. The van der Waals surface area contributed by atoms with Gasteiger partial charge in [-0.25, -0.2) is 14.8 Å². The van der Waals surface area contributed by atoms with E-state index in [1.807, 2.05) is 0 Å². The van der Waals surface area contributed by atoms with Crippen LogP contribution in [0.2, 0.25) is 5.02 Å². The first kappa shape index (κ1) is 19.0. The van der Waals surface area contributed by atoms with Crippen LogP contribution in [0.4, 0.5) is 4.39 Å². The maximum Gasteiger partial charge on any atom is 0.246 e. The molecule has 0 atom stereocenters. The lowest BCUT2D eigenvalue weighted by Crippen LogP contribution is -2.21. The van der Waals surface area contributed by atoms with Crippen LogP contribution >= 0.6 is 22.9 Å². The van der Waals surface area contributed by atoms with E-state index in [0.717, 1.165) is 5.56 Å². The summed E-state index contributed by atoms with van der Waals surface area (Å²) in [5, 5.41) is 16.8. The monoisotopic (exact) mass is 403 g/mol. The number of amides is 1. The quantitative estimate of drug-likeness (QED) is 0.490. The van der Waals surface area contributed by atoms with Crippen molar-refractivity contribution in [3.63, 3.8) is 0 Å². The van der Waals surface area contributed by atoms with Crippen LogP contribution in [0.1, 0.15) is 18.2 Å². The van der Waals surface area contributed by atoms with Gasteiger partial charge in [-0.15, -0.1) is 11.3 Å². The van der Waals surface area contributed by atoms with Crippen molar-refractivity contribution in [2.24, 2.45) is 5.10 Å². The molecule has 5 nitrogen and oxygen atoms in total. The highest BCUT2D eigenvalue weighted by Crippen LogP contribution is 2.24. The summed E-state index contributed by atoms with van der Waals surface area (Å²) in [5.41, 5.74) is 4.69. The zero-order chi connectivity index (χ0) is 19.4. The number of carbonyl (C=O) groups is 1. The van der Waals surface area contributed by atoms with Crippen molar-refractivity contribution in [3.8, 4) is 16.3 Å². The van der Waals surface area contributed by atoms with Gasteiger partial charge in [0, 0.05) is 21.5 Å². The Morgan fingerprint density at radius 3 is 2.78 bits per heavy atom. The number of benzene rings is 2. The number of nitrogens with one attached hydrogen (secondary N) is 1. The standard InChI is InChI=1S/C19H15ClFN3O2S/c1-11(16-8-13(20)4-7-17(16)25)23-24-18(26)9-15-10-27-19(22-15)12-2-5-14(21)6-3-12/h2-8,10,25H,9H2,1H3,(H,24,26)/b23-11+. The number of rotatable bonds is 5. The average Bonchev–Trinajstić information content (AvgIpc) is 3.10. The molecule has 2 aromatic carbocycles. The zero-order valence-corrected chi connectivity index (χ0v) is 15.8. The molecule has 0 unspecified atom stereocenters. The number of phenols is 1. The molecule has 0 radical (unpaired) electrons. The molecule has 0 aliphatic heterocycles. The summed E-state index contributed by atoms with van der Waals surface area (Å²) < 4.78 is 13.0. The molecule has 0 bridgehead atoms. The molecular weight excluding hydrogens is 389 g/mol. The molecule has 3 aromatic rings. The Kier molecular flexibility index (Phi) is 5.83. The van der Waals surface area contributed by atoms with Crippen LogP contribution in [0.5, 0.6) is 5.75 Å². The Hall–Kier alpha value is -2.77. The Morgan fingerprint density at radius 1 is 1.30 bits per heavy atom. The molecule has 1 heterocycles. The topological polar surface area (TPSA) is 74.6 Å². The van der Waals surface area contributed by atoms with Crippen LogP contribution in [0.15, 0.2) is 52.9 Å². The van der Waals surface area contributed by atoms with Crippen molar-refractivity contribution < 1.29 is 14.3 Å². The van der Waals surface area contributed by atoms with Crippen LogP contribution in [-0.4, -0.2) is 21.7 Å². The van der Waals surface area contributed by atoms with E-state index in [-0.39, 0.29) is 23.9 Å². The predicted octanol–water partition coefficient (Wildman–Crippen LogP) is 4.39. The van der Waals surface area contributed by atoms with Gasteiger partial charge < -0.3 is 5.11 Å². The highest BCUT2D eigenvalue weighted by molar-refractivity contribution is 7.13. The molecule has 8 heteroatoms. The predicted molar refractivity (Wildman–Crippen MR) is 105 cm³/mol. The number of halogens is 2. The summed E-state index contributed by atoms with van der Waals surface area (Å²) >= 11 is 7.29. The maximum atomic E-state index is 13.0. The van der Waals surface area contributed by atoms with Crippen molar-refractivity contribution in [2.75, 3.05) is 0 Å². The number of aromatic nitrogens is 1. The van der Waals surface area contributed by atoms with E-state index in [1.165, 1.54) is 29.5 Å². The van der Waals surface area contributed by atoms with Crippen LogP contribution in [-0.2, 0) is 11.2 Å². The van der Waals surface area contributed by atoms with Gasteiger partial charge in [-0.2, -0.15) is 5.10 Å². The van der Waals surface area contributed by atoms with Gasteiger partial charge >= 0.3 is 0 Å². The summed E-state index contributed by atoms with van der Waals surface area (Å²) in [4.78, 5) is 16.5. The van der Waals surface area contributed by atoms with E-state index in [4.69, 9.17) is 11.6 Å². The average molecular weight is 404 g/mol. The van der Waals surface area contributed by atoms with Gasteiger partial charge in [0.05, 0.1) is 17.8 Å². The van der Waals surface area contributed by atoms with Crippen molar-refractivity contribution in [3.05, 3.63) is 69.9 Å². The second-order valence-electron chi connectivity index (χ2n) is 5.72. The Balaban J connectivity index is 1.64. The number of nitrogens with zero attached hydrogens (tertiary/aromatic N) is 2. The zero-order valence-electron chi connectivity index (χ0n) is 14.2. The van der Waals surface area contributed by atoms with Crippen molar-refractivity contribution in [2.45, 2.75) is 13.3 Å². The smallest absolute Gasteiger partial charge is 0.246 e. The second kappa shape index (κ2) is 8.28. The minimum Gasteiger partial charge on any atom is -0.507 e. The molecule has 0 saturated carbocycles. The first-order valence-corrected chi connectivity index (χ1v) is 9.20. The molecule has 0 fully saturated rings. The molecule has 1 aromatic heterocycles. The fourth-order valence-corrected chi connectivity index (χ4v) is 3.32. The highest BCUT2D eigenvalue weighted by Gasteiger charge is 2.10. The molecule has 0 spiro atoms. The summed E-state index contributed by atoms with van der Waals surface area (Å²) in [6, 6.07) is 10.6. The van der Waals surface area contributed by atoms with E-state index >= 15 is 0 Å². The van der Waals surface area contributed by atoms with Crippen LogP contribution < -0.4 is 5.43 Å². The van der Waals surface area contributed by atoms with Crippen LogP contribution in [0.25, 0.3) is 10.6 Å². The number of carbonyl (C=O) groups excluding carboxylic acids is 1. The van der Waals surface area contributed by atoms with Gasteiger partial charge in [-0.3, -0.25) is 4.79 Å². The third kappa shape index (κ3) is 4.90. The van der Waals surface area contributed by atoms with E-state index in [9.17, 15) is 14.3 Å². The Morgan fingerprint density at radius 2 is 2.04 bits per heavy atom. The molecule has 0 aliphatic rings. The third-order valence-corrected chi connectivity index (χ3v) is 4.86. The minimum absolute atomic E-state index is 0.0262. The SMILES string of the molecule is C/C(=N\NC(=O)Cc1csc(-c2ccc(F)cc2)n1)c1cc(Cl)ccc1O. The molecule has 27 heavy (non-hydrogen) atoms. The summed E-state index contributed by atoms with van der Waals surface area (Å²) in [6.07, 6.45) is 0.0516. The van der Waals surface area contributed by atoms with E-state index in [2.05, 4.69) is 15.5 Å². The lowest BCUT2D eigenvalue weighted by Gasteiger charge is -2.05. The lowest BCUT2D eigenvalue weighted by atomic mass is 10.1. The van der Waals surface area contributed by atoms with Gasteiger partial charge in [0.25, 0.3) is 0 Å². The fraction of sp³-hybridized carbons (Fsp3) is 0.105. The fourth-order valence-electron chi connectivity index (χ4n) is 2.32. The summed E-state index contributed by atoms with van der Waals surface area (Å²) in [6.45, 7) is 1.65. The maximum absolute atomic E-state index is 13.0. The van der Waals surface area contributed by atoms with Gasteiger partial charge in [0.2, 0.25) is 5.91 Å². The second-order valence-corrected chi connectivity index (χ2v) is 7.02. The lowest BCUT2D eigenvalue weighted by molar-refractivity contribution is -0.120. The molecule has 1 amide bonds. The van der Waals surface area contributed by atoms with Gasteiger partial charge in [0.1, 0.15) is 16.6 Å². The van der Waals surface area contributed by atoms with Crippen molar-refractivity contribution in [1.82, 2.24) is 10.4 Å². The number of hydrogen-bond donors (Lipinski definition) is 2. The minimum atomic E-state index is -0.341. The largest absolute Gasteiger partial charge is 0.507 e. The molecular formula is C19H15ClFN3O2S. The van der Waals surface area contributed by atoms with Gasteiger partial charge in [-0.05, 0) is 49.4 Å². The van der Waals surface area contributed by atoms with Crippen molar-refractivity contribution in [1.29, 1.82) is 0 Å². The molecule has 0 aliphatic carbocycles. The van der Waals surface area contributed by atoms with Crippen LogP contribution in [0.3, 0.4) is 0 Å². The van der Waals surface area contributed by atoms with Crippen molar-refractivity contribution >= 4 is 34.6 Å². The summed E-state index contributed by atoms with van der Waals surface area (Å²) in [5.74, 6) is -0.626. The number of hydrazone groups is 1. The molecule has 138 valence electrons. The Labute approximate surface area is 164 Å².